The van der Waals surface area contributed by atoms with Crippen molar-refractivity contribution < 1.29 is 23.4 Å². The molecule has 0 aliphatic rings. The molecule has 0 spiro atoms. The standard InChI is InChI=1S/C18H21F2NO3/c1-12(21-11-13-7-15(19)10-16(20)8-13)14-3-4-17(24-6-5-22)18(9-14)23-2/h3-4,7-10,12,21-22H,5-6,11H2,1-2H3. The molecule has 0 saturated carbocycles. The highest BCUT2D eigenvalue weighted by Crippen LogP contribution is 2.30. The van der Waals surface area contributed by atoms with Crippen molar-refractivity contribution in [1.29, 1.82) is 0 Å². The van der Waals surface area contributed by atoms with Crippen LogP contribution in [-0.4, -0.2) is 25.4 Å². The van der Waals surface area contributed by atoms with E-state index in [9.17, 15) is 8.78 Å². The van der Waals surface area contributed by atoms with Crippen molar-refractivity contribution in [3.8, 4) is 11.5 Å². The van der Waals surface area contributed by atoms with Crippen molar-refractivity contribution in [2.24, 2.45) is 0 Å². The molecule has 130 valence electrons. The third-order valence-electron chi connectivity index (χ3n) is 3.57. The average molecular weight is 337 g/mol. The lowest BCUT2D eigenvalue weighted by Gasteiger charge is -2.17. The van der Waals surface area contributed by atoms with Gasteiger partial charge in [0.05, 0.1) is 13.7 Å². The number of hydrogen-bond donors (Lipinski definition) is 2. The third kappa shape index (κ3) is 4.91. The highest BCUT2D eigenvalue weighted by atomic mass is 19.1. The zero-order valence-corrected chi connectivity index (χ0v) is 13.7. The summed E-state index contributed by atoms with van der Waals surface area (Å²) >= 11 is 0. The van der Waals surface area contributed by atoms with Crippen molar-refractivity contribution in [1.82, 2.24) is 5.32 Å². The summed E-state index contributed by atoms with van der Waals surface area (Å²) < 4.78 is 37.1. The van der Waals surface area contributed by atoms with Crippen molar-refractivity contribution in [3.05, 3.63) is 59.2 Å². The Balaban J connectivity index is 2.04. The zero-order chi connectivity index (χ0) is 17.5. The van der Waals surface area contributed by atoms with Crippen molar-refractivity contribution >= 4 is 0 Å². The fraction of sp³-hybridized carbons (Fsp3) is 0.333. The van der Waals surface area contributed by atoms with E-state index in [1.54, 1.807) is 13.2 Å². The van der Waals surface area contributed by atoms with E-state index in [2.05, 4.69) is 5.32 Å². The molecule has 2 rings (SSSR count). The summed E-state index contributed by atoms with van der Waals surface area (Å²) in [7, 11) is 1.54. The van der Waals surface area contributed by atoms with Gasteiger partial charge in [-0.15, -0.1) is 0 Å². The second-order valence-corrected chi connectivity index (χ2v) is 5.36. The molecule has 2 aromatic rings. The molecule has 1 atom stereocenters. The normalized spacial score (nSPS) is 12.0. The Morgan fingerprint density at radius 1 is 1.08 bits per heavy atom. The van der Waals surface area contributed by atoms with Crippen LogP contribution in [0.1, 0.15) is 24.1 Å². The van der Waals surface area contributed by atoms with Gasteiger partial charge in [-0.3, -0.25) is 0 Å². The van der Waals surface area contributed by atoms with Gasteiger partial charge in [0.1, 0.15) is 18.2 Å². The van der Waals surface area contributed by atoms with E-state index in [1.807, 2.05) is 19.1 Å². The first-order chi connectivity index (χ1) is 11.5. The van der Waals surface area contributed by atoms with Gasteiger partial charge in [-0.2, -0.15) is 0 Å². The van der Waals surface area contributed by atoms with Gasteiger partial charge in [-0.05, 0) is 42.3 Å². The summed E-state index contributed by atoms with van der Waals surface area (Å²) in [6, 6.07) is 8.87. The largest absolute Gasteiger partial charge is 0.493 e. The van der Waals surface area contributed by atoms with Gasteiger partial charge in [0.2, 0.25) is 0 Å². The average Bonchev–Trinajstić information content (AvgIpc) is 2.56. The molecular formula is C18H21F2NO3. The summed E-state index contributed by atoms with van der Waals surface area (Å²) in [5.41, 5.74) is 1.48. The lowest BCUT2D eigenvalue weighted by atomic mass is 10.1. The molecule has 0 bridgehead atoms. The molecule has 0 amide bonds. The van der Waals surface area contributed by atoms with E-state index in [0.29, 0.717) is 23.6 Å². The van der Waals surface area contributed by atoms with E-state index in [1.165, 1.54) is 12.1 Å². The summed E-state index contributed by atoms with van der Waals surface area (Å²) in [6.45, 7) is 2.39. The van der Waals surface area contributed by atoms with Crippen LogP contribution in [-0.2, 0) is 6.54 Å². The number of benzene rings is 2. The molecule has 0 saturated heterocycles. The van der Waals surface area contributed by atoms with Crippen LogP contribution in [0.25, 0.3) is 0 Å². The van der Waals surface area contributed by atoms with E-state index >= 15 is 0 Å². The molecule has 2 N–H and O–H groups in total. The van der Waals surface area contributed by atoms with E-state index in [4.69, 9.17) is 14.6 Å². The SMILES string of the molecule is COc1cc(C(C)NCc2cc(F)cc(F)c2)ccc1OCCO. The minimum atomic E-state index is -0.591. The fourth-order valence-electron chi connectivity index (χ4n) is 2.33. The Hall–Kier alpha value is -2.18. The van der Waals surface area contributed by atoms with Gasteiger partial charge in [0, 0.05) is 18.7 Å². The predicted molar refractivity (Wildman–Crippen MR) is 87.2 cm³/mol. The maximum atomic E-state index is 13.2. The monoisotopic (exact) mass is 337 g/mol. The first-order valence-electron chi connectivity index (χ1n) is 7.63. The Morgan fingerprint density at radius 2 is 1.79 bits per heavy atom. The number of hydrogen-bond acceptors (Lipinski definition) is 4. The van der Waals surface area contributed by atoms with Crippen LogP contribution in [0.2, 0.25) is 0 Å². The number of ether oxygens (including phenoxy) is 2. The fourth-order valence-corrected chi connectivity index (χ4v) is 2.33. The zero-order valence-electron chi connectivity index (χ0n) is 13.7. The van der Waals surface area contributed by atoms with E-state index in [-0.39, 0.29) is 19.3 Å². The molecule has 0 aromatic heterocycles. The van der Waals surface area contributed by atoms with Gasteiger partial charge >= 0.3 is 0 Å². The second-order valence-electron chi connectivity index (χ2n) is 5.36. The van der Waals surface area contributed by atoms with Crippen LogP contribution in [0.15, 0.2) is 36.4 Å². The van der Waals surface area contributed by atoms with Crippen molar-refractivity contribution in [2.45, 2.75) is 19.5 Å². The first-order valence-corrected chi connectivity index (χ1v) is 7.63. The first kappa shape index (κ1) is 18.2. The van der Waals surface area contributed by atoms with Crippen LogP contribution in [0, 0.1) is 11.6 Å². The van der Waals surface area contributed by atoms with E-state index in [0.717, 1.165) is 11.6 Å². The lowest BCUT2D eigenvalue weighted by molar-refractivity contribution is 0.196. The molecule has 2 aromatic carbocycles. The van der Waals surface area contributed by atoms with Crippen LogP contribution in [0.3, 0.4) is 0 Å². The van der Waals surface area contributed by atoms with Crippen molar-refractivity contribution in [3.63, 3.8) is 0 Å². The van der Waals surface area contributed by atoms with Crippen LogP contribution in [0.4, 0.5) is 8.78 Å². The third-order valence-corrected chi connectivity index (χ3v) is 3.57. The van der Waals surface area contributed by atoms with Crippen LogP contribution in [0.5, 0.6) is 11.5 Å². The van der Waals surface area contributed by atoms with Gasteiger partial charge in [-0.25, -0.2) is 8.78 Å². The quantitative estimate of drug-likeness (QED) is 0.777. The smallest absolute Gasteiger partial charge is 0.161 e. The Bertz CT molecular complexity index is 659. The molecule has 24 heavy (non-hydrogen) atoms. The van der Waals surface area contributed by atoms with Gasteiger partial charge < -0.3 is 19.9 Å². The molecule has 6 heteroatoms. The molecule has 0 fully saturated rings. The van der Waals surface area contributed by atoms with Crippen molar-refractivity contribution in [2.75, 3.05) is 20.3 Å². The number of nitrogens with one attached hydrogen (secondary N) is 1. The predicted octanol–water partition coefficient (Wildman–Crippen LogP) is 3.20. The van der Waals surface area contributed by atoms with Crippen LogP contribution >= 0.6 is 0 Å². The lowest BCUT2D eigenvalue weighted by Crippen LogP contribution is -2.18. The molecule has 1 unspecified atom stereocenters. The second kappa shape index (κ2) is 8.61. The summed E-state index contributed by atoms with van der Waals surface area (Å²) in [5.74, 6) is -0.0703. The van der Waals surface area contributed by atoms with E-state index < -0.39 is 11.6 Å². The minimum Gasteiger partial charge on any atom is -0.493 e. The summed E-state index contributed by atoms with van der Waals surface area (Å²) in [4.78, 5) is 0. The summed E-state index contributed by atoms with van der Waals surface area (Å²) in [6.07, 6.45) is 0. The number of halogens is 2. The molecular weight excluding hydrogens is 316 g/mol. The Morgan fingerprint density at radius 3 is 2.42 bits per heavy atom. The molecule has 4 nitrogen and oxygen atoms in total. The molecule has 0 aliphatic heterocycles. The highest BCUT2D eigenvalue weighted by Gasteiger charge is 2.11. The number of rotatable bonds is 8. The Labute approximate surface area is 140 Å². The van der Waals surface area contributed by atoms with Gasteiger partial charge in [0.15, 0.2) is 11.5 Å². The highest BCUT2D eigenvalue weighted by molar-refractivity contribution is 5.43. The van der Waals surface area contributed by atoms with Gasteiger partial charge in [0.25, 0.3) is 0 Å². The van der Waals surface area contributed by atoms with Gasteiger partial charge in [-0.1, -0.05) is 6.07 Å². The molecule has 0 radical (unpaired) electrons. The topological polar surface area (TPSA) is 50.7 Å². The number of methoxy groups -OCH3 is 1. The number of aliphatic hydroxyl groups excluding tert-OH is 1. The van der Waals surface area contributed by atoms with Crippen LogP contribution < -0.4 is 14.8 Å². The maximum Gasteiger partial charge on any atom is 0.161 e. The molecule has 0 heterocycles. The maximum absolute atomic E-state index is 13.2. The number of aliphatic hydroxyl groups is 1. The Kier molecular flexibility index (Phi) is 6.52. The molecule has 0 aliphatic carbocycles. The minimum absolute atomic E-state index is 0.0582. The summed E-state index contributed by atoms with van der Waals surface area (Å²) in [5, 5.41) is 12.0.